The summed E-state index contributed by atoms with van der Waals surface area (Å²) in [6, 6.07) is 0.284. The molecule has 0 aromatic rings. The standard InChI is InChI=1S/C18H30N4O3/c1-13(23)20-7-5-15(6-8-20)22-9-4-14-10-16(22)18(25)21(11-14)12-17(24)19(2)3/h14-16H,4-12H2,1-3H3/t14-,16+/m0/s1. The number of nitrogens with zero attached hydrogens (tertiary/aromatic N) is 4. The number of rotatable bonds is 3. The highest BCUT2D eigenvalue weighted by Gasteiger charge is 2.44. The number of piperidine rings is 3. The van der Waals surface area contributed by atoms with Crippen molar-refractivity contribution in [1.29, 1.82) is 0 Å². The van der Waals surface area contributed by atoms with E-state index in [0.717, 1.165) is 45.3 Å². The lowest BCUT2D eigenvalue weighted by molar-refractivity contribution is -0.152. The minimum Gasteiger partial charge on any atom is -0.347 e. The highest BCUT2D eigenvalue weighted by molar-refractivity contribution is 5.88. The van der Waals surface area contributed by atoms with Gasteiger partial charge in [0.05, 0.1) is 12.6 Å². The van der Waals surface area contributed by atoms with Crippen LogP contribution in [0.3, 0.4) is 0 Å². The van der Waals surface area contributed by atoms with Gasteiger partial charge < -0.3 is 14.7 Å². The topological polar surface area (TPSA) is 64.2 Å². The largest absolute Gasteiger partial charge is 0.347 e. The fourth-order valence-corrected chi connectivity index (χ4v) is 4.47. The quantitative estimate of drug-likeness (QED) is 0.719. The van der Waals surface area contributed by atoms with E-state index in [1.807, 2.05) is 4.90 Å². The van der Waals surface area contributed by atoms with E-state index in [9.17, 15) is 14.4 Å². The Labute approximate surface area is 149 Å². The van der Waals surface area contributed by atoms with Gasteiger partial charge in [-0.25, -0.2) is 0 Å². The Bertz CT molecular complexity index is 542. The zero-order chi connectivity index (χ0) is 18.1. The number of likely N-dealkylation sites (N-methyl/N-ethyl adjacent to an activating group) is 1. The molecule has 0 aliphatic carbocycles. The maximum absolute atomic E-state index is 13.0. The van der Waals surface area contributed by atoms with Gasteiger partial charge in [0.25, 0.3) is 0 Å². The number of amides is 3. The number of hydrogen-bond acceptors (Lipinski definition) is 4. The van der Waals surface area contributed by atoms with Gasteiger partial charge >= 0.3 is 0 Å². The Morgan fingerprint density at radius 1 is 1.12 bits per heavy atom. The van der Waals surface area contributed by atoms with E-state index in [2.05, 4.69) is 4.90 Å². The molecule has 3 fully saturated rings. The van der Waals surface area contributed by atoms with Crippen molar-refractivity contribution in [2.45, 2.75) is 44.7 Å². The SMILES string of the molecule is CC(=O)N1CCC(N2CC[C@H]3C[C@@H]2C(=O)N(CC(=O)N(C)C)C3)CC1. The monoisotopic (exact) mass is 350 g/mol. The summed E-state index contributed by atoms with van der Waals surface area (Å²) in [5.74, 6) is 0.736. The van der Waals surface area contributed by atoms with Crippen molar-refractivity contribution < 1.29 is 14.4 Å². The summed E-state index contributed by atoms with van der Waals surface area (Å²) in [4.78, 5) is 44.1. The fraction of sp³-hybridized carbons (Fsp3) is 0.833. The molecule has 0 N–H and O–H groups in total. The van der Waals surface area contributed by atoms with Gasteiger partial charge in [-0.15, -0.1) is 0 Å². The highest BCUT2D eigenvalue weighted by Crippen LogP contribution is 2.33. The van der Waals surface area contributed by atoms with Crippen LogP contribution < -0.4 is 0 Å². The van der Waals surface area contributed by atoms with E-state index in [4.69, 9.17) is 0 Å². The van der Waals surface area contributed by atoms with Crippen LogP contribution >= 0.6 is 0 Å². The number of likely N-dealkylation sites (tertiary alicyclic amines) is 3. The predicted molar refractivity (Wildman–Crippen MR) is 93.8 cm³/mol. The lowest BCUT2D eigenvalue weighted by Crippen LogP contribution is -2.63. The van der Waals surface area contributed by atoms with Gasteiger partial charge in [0.1, 0.15) is 0 Å². The van der Waals surface area contributed by atoms with Crippen molar-refractivity contribution in [2.24, 2.45) is 5.92 Å². The third-order valence-electron chi connectivity index (χ3n) is 6.03. The fourth-order valence-electron chi connectivity index (χ4n) is 4.47. The lowest BCUT2D eigenvalue weighted by atomic mass is 9.84. The second kappa shape index (κ2) is 7.32. The van der Waals surface area contributed by atoms with Gasteiger partial charge in [-0.05, 0) is 38.1 Å². The molecule has 7 heteroatoms. The molecule has 140 valence electrons. The molecule has 0 aromatic heterocycles. The number of carbonyl (C=O) groups excluding carboxylic acids is 3. The highest BCUT2D eigenvalue weighted by atomic mass is 16.2. The van der Waals surface area contributed by atoms with E-state index in [1.54, 1.807) is 30.8 Å². The van der Waals surface area contributed by atoms with Crippen molar-refractivity contribution in [3.63, 3.8) is 0 Å². The molecular formula is C18H30N4O3. The van der Waals surface area contributed by atoms with E-state index in [1.165, 1.54) is 0 Å². The van der Waals surface area contributed by atoms with Crippen LogP contribution in [0.1, 0.15) is 32.6 Å². The Morgan fingerprint density at radius 2 is 1.80 bits per heavy atom. The average molecular weight is 350 g/mol. The molecular weight excluding hydrogens is 320 g/mol. The third-order valence-corrected chi connectivity index (χ3v) is 6.03. The summed E-state index contributed by atoms with van der Waals surface area (Å²) >= 11 is 0. The van der Waals surface area contributed by atoms with Crippen LogP contribution in [-0.2, 0) is 14.4 Å². The van der Waals surface area contributed by atoms with Crippen LogP contribution in [0.15, 0.2) is 0 Å². The third kappa shape index (κ3) is 3.81. The number of hydrogen-bond donors (Lipinski definition) is 0. The van der Waals surface area contributed by atoms with E-state index in [-0.39, 0.29) is 30.3 Å². The van der Waals surface area contributed by atoms with Crippen LogP contribution in [0.4, 0.5) is 0 Å². The van der Waals surface area contributed by atoms with E-state index >= 15 is 0 Å². The molecule has 0 unspecified atom stereocenters. The Morgan fingerprint density at radius 3 is 2.40 bits per heavy atom. The van der Waals surface area contributed by atoms with Gasteiger partial charge in [0.2, 0.25) is 17.7 Å². The molecule has 0 spiro atoms. The van der Waals surface area contributed by atoms with Crippen molar-refractivity contribution in [2.75, 3.05) is 46.8 Å². The van der Waals surface area contributed by atoms with Gasteiger partial charge in [-0.1, -0.05) is 0 Å². The van der Waals surface area contributed by atoms with Crippen molar-refractivity contribution in [3.05, 3.63) is 0 Å². The normalized spacial score (nSPS) is 28.2. The summed E-state index contributed by atoms with van der Waals surface area (Å²) in [6.07, 6.45) is 3.87. The van der Waals surface area contributed by atoms with Crippen LogP contribution in [0.2, 0.25) is 0 Å². The molecule has 2 atom stereocenters. The van der Waals surface area contributed by atoms with Crippen molar-refractivity contribution >= 4 is 17.7 Å². The molecule has 0 saturated carbocycles. The molecule has 3 saturated heterocycles. The summed E-state index contributed by atoms with van der Waals surface area (Å²) in [6.45, 7) is 5.05. The first-order valence-electron chi connectivity index (χ1n) is 9.37. The summed E-state index contributed by atoms with van der Waals surface area (Å²) in [7, 11) is 3.46. The molecule has 3 amide bonds. The molecule has 0 aromatic carbocycles. The molecule has 3 heterocycles. The maximum Gasteiger partial charge on any atom is 0.241 e. The number of carbonyl (C=O) groups is 3. The zero-order valence-electron chi connectivity index (χ0n) is 15.6. The second-order valence-electron chi connectivity index (χ2n) is 7.89. The average Bonchev–Trinajstić information content (AvgIpc) is 2.59. The Kier molecular flexibility index (Phi) is 5.32. The summed E-state index contributed by atoms with van der Waals surface area (Å²) in [5, 5.41) is 0. The van der Waals surface area contributed by atoms with Crippen LogP contribution in [0, 0.1) is 5.92 Å². The zero-order valence-corrected chi connectivity index (χ0v) is 15.6. The van der Waals surface area contributed by atoms with Gasteiger partial charge in [0, 0.05) is 46.7 Å². The first-order chi connectivity index (χ1) is 11.9. The Balaban J connectivity index is 1.65. The first-order valence-corrected chi connectivity index (χ1v) is 9.37. The van der Waals surface area contributed by atoms with Crippen LogP contribution in [-0.4, -0.2) is 96.2 Å². The summed E-state index contributed by atoms with van der Waals surface area (Å²) < 4.78 is 0. The molecule has 2 bridgehead atoms. The Hall–Kier alpha value is -1.63. The minimum absolute atomic E-state index is 0.0189. The van der Waals surface area contributed by atoms with Gasteiger partial charge in [-0.3, -0.25) is 19.3 Å². The molecule has 3 rings (SSSR count). The molecule has 25 heavy (non-hydrogen) atoms. The van der Waals surface area contributed by atoms with Crippen LogP contribution in [0.5, 0.6) is 0 Å². The first kappa shape index (κ1) is 18.2. The minimum atomic E-state index is -0.0867. The van der Waals surface area contributed by atoms with E-state index in [0.29, 0.717) is 18.5 Å². The van der Waals surface area contributed by atoms with Crippen LogP contribution in [0.25, 0.3) is 0 Å². The van der Waals surface area contributed by atoms with Crippen molar-refractivity contribution in [1.82, 2.24) is 19.6 Å². The predicted octanol–water partition coefficient (Wildman–Crippen LogP) is 0.00830. The lowest BCUT2D eigenvalue weighted by Gasteiger charge is -2.50. The summed E-state index contributed by atoms with van der Waals surface area (Å²) in [5.41, 5.74) is 0. The number of fused-ring (bicyclic) bond motifs is 2. The maximum atomic E-state index is 13.0. The van der Waals surface area contributed by atoms with Crippen molar-refractivity contribution in [3.8, 4) is 0 Å². The van der Waals surface area contributed by atoms with E-state index < -0.39 is 0 Å². The smallest absolute Gasteiger partial charge is 0.241 e. The molecule has 7 nitrogen and oxygen atoms in total. The molecule has 0 radical (unpaired) electrons. The van der Waals surface area contributed by atoms with Gasteiger partial charge in [-0.2, -0.15) is 0 Å². The second-order valence-corrected chi connectivity index (χ2v) is 7.89. The van der Waals surface area contributed by atoms with Gasteiger partial charge in [0.15, 0.2) is 0 Å². The molecule has 3 aliphatic heterocycles. The molecule has 3 aliphatic rings.